The van der Waals surface area contributed by atoms with E-state index in [-0.39, 0.29) is 0 Å². The van der Waals surface area contributed by atoms with E-state index in [1.807, 2.05) is 25.1 Å². The number of hydrogen-bond acceptors (Lipinski definition) is 3. The second kappa shape index (κ2) is 5.79. The highest BCUT2D eigenvalue weighted by Crippen LogP contribution is 2.23. The fourth-order valence-electron chi connectivity index (χ4n) is 2.08. The molecule has 1 atom stereocenters. The van der Waals surface area contributed by atoms with E-state index < -0.39 is 9.92 Å². The van der Waals surface area contributed by atoms with E-state index in [0.29, 0.717) is 31.2 Å². The molecule has 100 valence electrons. The molecule has 1 N–H and O–H groups in total. The second-order valence-corrected chi connectivity index (χ2v) is 6.19. The highest BCUT2D eigenvalue weighted by atomic mass is 32.2. The monoisotopic (exact) mass is 270 g/mol. The van der Waals surface area contributed by atoms with Crippen LogP contribution >= 0.6 is 0 Å². The van der Waals surface area contributed by atoms with Gasteiger partial charge in [-0.1, -0.05) is 29.6 Å². The Balaban J connectivity index is 2.46. The summed E-state index contributed by atoms with van der Waals surface area (Å²) in [5, 5.41) is 9.28. The molecule has 1 aromatic rings. The predicted octanol–water partition coefficient (Wildman–Crippen LogP) is 1.71. The molecule has 1 aliphatic heterocycles. The topological polar surface area (TPSA) is 62.1 Å². The summed E-state index contributed by atoms with van der Waals surface area (Å²) in [6, 6.07) is 7.41. The zero-order chi connectivity index (χ0) is 13.0. The molecule has 18 heavy (non-hydrogen) atoms. The zero-order valence-corrected chi connectivity index (χ0v) is 11.2. The summed E-state index contributed by atoms with van der Waals surface area (Å²) >= 11 is 0. The Morgan fingerprint density at radius 1 is 1.39 bits per heavy atom. The molecule has 1 fully saturated rings. The Morgan fingerprint density at radius 3 is 2.67 bits per heavy atom. The Bertz CT molecular complexity index is 518. The molecule has 2 rings (SSSR count). The first kappa shape index (κ1) is 13.5. The minimum absolute atomic E-state index is 0.515. The Morgan fingerprint density at radius 2 is 2.06 bits per heavy atom. The lowest BCUT2D eigenvalue weighted by atomic mass is 10.2. The fourth-order valence-corrected chi connectivity index (χ4v) is 4.01. The summed E-state index contributed by atoms with van der Waals surface area (Å²) in [7, 11) is -2.92. The first-order valence-electron chi connectivity index (χ1n) is 6.03. The summed E-state index contributed by atoms with van der Waals surface area (Å²) in [4.78, 5) is 0.608. The predicted molar refractivity (Wildman–Crippen MR) is 68.8 cm³/mol. The van der Waals surface area contributed by atoms with E-state index in [0.717, 1.165) is 12.0 Å². The van der Waals surface area contributed by atoms with Crippen LogP contribution in [0.15, 0.2) is 33.7 Å². The highest BCUT2D eigenvalue weighted by molar-refractivity contribution is 7.91. The van der Waals surface area contributed by atoms with Crippen molar-refractivity contribution in [2.45, 2.75) is 18.2 Å². The highest BCUT2D eigenvalue weighted by Gasteiger charge is 2.26. The number of ether oxygens (including phenoxy) is 1. The molecule has 0 aliphatic carbocycles. The van der Waals surface area contributed by atoms with Gasteiger partial charge in [0, 0.05) is 13.1 Å². The summed E-state index contributed by atoms with van der Waals surface area (Å²) < 4.78 is 23.1. The van der Waals surface area contributed by atoms with Crippen molar-refractivity contribution >= 4 is 9.92 Å². The van der Waals surface area contributed by atoms with Crippen LogP contribution in [0.25, 0.3) is 0 Å². The van der Waals surface area contributed by atoms with E-state index >= 15 is 0 Å². The van der Waals surface area contributed by atoms with Crippen molar-refractivity contribution in [3.63, 3.8) is 0 Å². The number of aryl methyl sites for hydroxylation is 1. The number of benzene rings is 1. The molecular weight excluding hydrogens is 252 g/mol. The molecule has 1 aliphatic rings. The van der Waals surface area contributed by atoms with E-state index in [9.17, 15) is 9.42 Å². The van der Waals surface area contributed by atoms with Crippen molar-refractivity contribution in [1.82, 2.24) is 4.31 Å². The molecule has 5 nitrogen and oxygen atoms in total. The molecule has 1 saturated heterocycles. The van der Waals surface area contributed by atoms with Crippen LogP contribution in [0.3, 0.4) is 0 Å². The van der Waals surface area contributed by atoms with Crippen LogP contribution in [-0.4, -0.2) is 40.0 Å². The van der Waals surface area contributed by atoms with Crippen LogP contribution in [0.5, 0.6) is 0 Å². The van der Waals surface area contributed by atoms with Crippen LogP contribution in [0, 0.1) is 0 Å². The largest absolute Gasteiger partial charge is 0.379 e. The van der Waals surface area contributed by atoms with Crippen LogP contribution in [-0.2, 0) is 21.1 Å². The van der Waals surface area contributed by atoms with Gasteiger partial charge in [-0.3, -0.25) is 5.21 Å². The van der Waals surface area contributed by atoms with E-state index in [4.69, 9.17) is 4.74 Å². The summed E-state index contributed by atoms with van der Waals surface area (Å²) in [6.45, 7) is 4.05. The molecule has 0 radical (unpaired) electrons. The summed E-state index contributed by atoms with van der Waals surface area (Å²) in [6.07, 6.45) is 0.757. The standard InChI is InChI=1S/C12H18N2O3S/c1-2-11-5-3-4-6-12(11)18(16,13-15)14-7-9-17-10-8-14/h3-6,15H,2,7-10H2,1H3. The molecular formula is C12H18N2O3S. The normalized spacial score (nSPS) is 20.3. The third-order valence-electron chi connectivity index (χ3n) is 3.07. The van der Waals surface area contributed by atoms with E-state index in [1.54, 1.807) is 10.4 Å². The smallest absolute Gasteiger partial charge is 0.166 e. The number of hydrogen-bond donors (Lipinski definition) is 1. The molecule has 0 spiro atoms. The molecule has 0 bridgehead atoms. The quantitative estimate of drug-likeness (QED) is 0.851. The van der Waals surface area contributed by atoms with E-state index in [1.165, 1.54) is 0 Å². The number of nitrogens with zero attached hydrogens (tertiary/aromatic N) is 2. The molecule has 0 amide bonds. The van der Waals surface area contributed by atoms with Crippen LogP contribution < -0.4 is 0 Å². The number of morpholine rings is 1. The fraction of sp³-hybridized carbons (Fsp3) is 0.500. The van der Waals surface area contributed by atoms with Gasteiger partial charge in [-0.05, 0) is 18.1 Å². The van der Waals surface area contributed by atoms with Crippen LogP contribution in [0.1, 0.15) is 12.5 Å². The summed E-state index contributed by atoms with van der Waals surface area (Å²) in [5.41, 5.74) is 0.951. The molecule has 0 saturated carbocycles. The van der Waals surface area contributed by atoms with Gasteiger partial charge >= 0.3 is 0 Å². The third kappa shape index (κ3) is 2.42. The van der Waals surface area contributed by atoms with Crippen molar-refractivity contribution in [3.05, 3.63) is 29.8 Å². The molecule has 1 aromatic carbocycles. The Hall–Kier alpha value is -0.950. The lowest BCUT2D eigenvalue weighted by Crippen LogP contribution is -2.40. The van der Waals surface area contributed by atoms with Gasteiger partial charge in [-0.25, -0.2) is 8.51 Å². The maximum absolute atomic E-state index is 12.9. The van der Waals surface area contributed by atoms with Crippen LogP contribution in [0.4, 0.5) is 0 Å². The molecule has 0 aromatic heterocycles. The minimum Gasteiger partial charge on any atom is -0.379 e. The van der Waals surface area contributed by atoms with Crippen LogP contribution in [0.2, 0.25) is 0 Å². The van der Waals surface area contributed by atoms with Crippen molar-refractivity contribution in [2.75, 3.05) is 26.3 Å². The lowest BCUT2D eigenvalue weighted by molar-refractivity contribution is 0.0737. The maximum atomic E-state index is 12.9. The Labute approximate surface area is 108 Å². The van der Waals surface area contributed by atoms with Crippen molar-refractivity contribution in [3.8, 4) is 0 Å². The van der Waals surface area contributed by atoms with E-state index in [2.05, 4.69) is 4.53 Å². The zero-order valence-electron chi connectivity index (χ0n) is 10.4. The maximum Gasteiger partial charge on any atom is 0.166 e. The van der Waals surface area contributed by atoms with Crippen molar-refractivity contribution < 1.29 is 14.2 Å². The van der Waals surface area contributed by atoms with Crippen molar-refractivity contribution in [2.24, 2.45) is 4.53 Å². The first-order chi connectivity index (χ1) is 8.72. The number of rotatable bonds is 3. The first-order valence-corrected chi connectivity index (χ1v) is 7.51. The minimum atomic E-state index is -2.92. The molecule has 1 heterocycles. The lowest BCUT2D eigenvalue weighted by Gasteiger charge is -2.29. The van der Waals surface area contributed by atoms with Gasteiger partial charge < -0.3 is 4.74 Å². The SMILES string of the molecule is CCc1ccccc1S(=O)(=NO)N1CCOCC1. The van der Waals surface area contributed by atoms with Gasteiger partial charge in [0.2, 0.25) is 0 Å². The molecule has 6 heteroatoms. The van der Waals surface area contributed by atoms with Gasteiger partial charge in [0.05, 0.1) is 18.1 Å². The summed E-state index contributed by atoms with van der Waals surface area (Å²) in [5.74, 6) is 0. The Kier molecular flexibility index (Phi) is 4.34. The van der Waals surface area contributed by atoms with Gasteiger partial charge in [0.1, 0.15) is 0 Å². The second-order valence-electron chi connectivity index (χ2n) is 4.08. The average molecular weight is 270 g/mol. The molecule has 1 unspecified atom stereocenters. The average Bonchev–Trinajstić information content (AvgIpc) is 2.47. The van der Waals surface area contributed by atoms with Crippen molar-refractivity contribution in [1.29, 1.82) is 0 Å². The van der Waals surface area contributed by atoms with Gasteiger partial charge in [-0.15, -0.1) is 0 Å². The third-order valence-corrected chi connectivity index (χ3v) is 5.33. The van der Waals surface area contributed by atoms with Gasteiger partial charge in [-0.2, -0.15) is 0 Å². The van der Waals surface area contributed by atoms with Gasteiger partial charge in [0.25, 0.3) is 0 Å². The van der Waals surface area contributed by atoms with Gasteiger partial charge in [0.15, 0.2) is 9.92 Å².